The number of hydrogen-bond donors (Lipinski definition) is 0. The molecule has 0 bridgehead atoms. The van der Waals surface area contributed by atoms with E-state index in [1.807, 2.05) is 0 Å². The van der Waals surface area contributed by atoms with Gasteiger partial charge in [0.15, 0.2) is 12.1 Å². The molecule has 6 nitrogen and oxygen atoms in total. The fourth-order valence-corrected chi connectivity index (χ4v) is 1.57. The summed E-state index contributed by atoms with van der Waals surface area (Å²) in [6, 6.07) is 3.62. The molecule has 1 aromatic rings. The number of non-ortho nitro benzene ring substituents is 1. The van der Waals surface area contributed by atoms with Gasteiger partial charge in [-0.05, 0) is 0 Å². The molecule has 0 radical (unpaired) electrons. The Balaban J connectivity index is 3.60. The fraction of sp³-hybridized carbons (Fsp3) is 0.100. The number of nitro groups is 1. The van der Waals surface area contributed by atoms with Crippen molar-refractivity contribution in [3.05, 3.63) is 38.9 Å². The lowest BCUT2D eigenvalue weighted by atomic mass is 9.99. The molecule has 1 aromatic carbocycles. The highest BCUT2D eigenvalue weighted by atomic mass is 79.9. The van der Waals surface area contributed by atoms with Crippen LogP contribution in [0.15, 0.2) is 12.1 Å². The molecule has 7 heteroatoms. The summed E-state index contributed by atoms with van der Waals surface area (Å²) in [6.07, 6.45) is 0.345. The van der Waals surface area contributed by atoms with Gasteiger partial charge in [0.25, 0.3) is 5.69 Å². The number of halogens is 1. The SMILES string of the molecule is N#Cc1cc([N+](=O)[O-])cc(C(=O)CBr)c1C=O. The number of ketones is 1. The van der Waals surface area contributed by atoms with Crippen LogP contribution in [0, 0.1) is 21.4 Å². The first kappa shape index (κ1) is 13.0. The highest BCUT2D eigenvalue weighted by Crippen LogP contribution is 2.22. The molecule has 0 fully saturated rings. The van der Waals surface area contributed by atoms with Gasteiger partial charge in [-0.2, -0.15) is 5.26 Å². The number of carbonyl (C=O) groups excluding carboxylic acids is 2. The number of benzene rings is 1. The maximum Gasteiger partial charge on any atom is 0.271 e. The van der Waals surface area contributed by atoms with Crippen LogP contribution in [0.5, 0.6) is 0 Å². The van der Waals surface area contributed by atoms with Crippen molar-refractivity contribution in [2.75, 3.05) is 5.33 Å². The molecule has 0 aliphatic heterocycles. The molecule has 0 aliphatic carbocycles. The molecule has 0 atom stereocenters. The Hall–Kier alpha value is -2.07. The van der Waals surface area contributed by atoms with Crippen molar-refractivity contribution >= 4 is 33.7 Å². The normalized spacial score (nSPS) is 9.41. The van der Waals surface area contributed by atoms with Gasteiger partial charge < -0.3 is 0 Å². The molecule has 0 saturated carbocycles. The average molecular weight is 297 g/mol. The molecule has 0 heterocycles. The summed E-state index contributed by atoms with van der Waals surface area (Å²) in [5, 5.41) is 19.3. The summed E-state index contributed by atoms with van der Waals surface area (Å²) in [5.74, 6) is -0.493. The number of aldehydes is 1. The van der Waals surface area contributed by atoms with Crippen molar-refractivity contribution in [2.24, 2.45) is 0 Å². The first-order valence-corrected chi connectivity index (χ1v) is 5.44. The molecule has 1 rings (SSSR count). The molecular weight excluding hydrogens is 292 g/mol. The quantitative estimate of drug-likeness (QED) is 0.277. The largest absolute Gasteiger partial charge is 0.298 e. The second kappa shape index (κ2) is 5.32. The monoisotopic (exact) mass is 296 g/mol. The van der Waals surface area contributed by atoms with Gasteiger partial charge in [0.05, 0.1) is 15.8 Å². The molecule has 0 spiro atoms. The number of nitrogens with zero attached hydrogens (tertiary/aromatic N) is 2. The van der Waals surface area contributed by atoms with Gasteiger partial charge >= 0.3 is 0 Å². The number of nitro benzene ring substituents is 1. The zero-order chi connectivity index (χ0) is 13.0. The van der Waals surface area contributed by atoms with Gasteiger partial charge in [-0.15, -0.1) is 0 Å². The van der Waals surface area contributed by atoms with Crippen LogP contribution in [0.3, 0.4) is 0 Å². The number of hydrogen-bond acceptors (Lipinski definition) is 5. The van der Waals surface area contributed by atoms with Gasteiger partial charge in [-0.25, -0.2) is 0 Å². The number of rotatable bonds is 4. The summed E-state index contributed by atoms with van der Waals surface area (Å²) >= 11 is 2.90. The predicted molar refractivity (Wildman–Crippen MR) is 61.3 cm³/mol. The molecule has 0 N–H and O–H groups in total. The zero-order valence-corrected chi connectivity index (χ0v) is 9.93. The van der Waals surface area contributed by atoms with E-state index >= 15 is 0 Å². The topological polar surface area (TPSA) is 101 Å². The van der Waals surface area contributed by atoms with Gasteiger partial charge in [0.2, 0.25) is 0 Å². The molecule has 0 aliphatic rings. The third-order valence-electron chi connectivity index (χ3n) is 2.04. The van der Waals surface area contributed by atoms with E-state index in [0.717, 1.165) is 12.1 Å². The van der Waals surface area contributed by atoms with Crippen molar-refractivity contribution in [2.45, 2.75) is 0 Å². The Bertz CT molecular complexity index is 548. The van der Waals surface area contributed by atoms with Crippen LogP contribution >= 0.6 is 15.9 Å². The maximum atomic E-state index is 11.5. The van der Waals surface area contributed by atoms with E-state index in [1.54, 1.807) is 6.07 Å². The minimum atomic E-state index is -0.722. The average Bonchev–Trinajstić information content (AvgIpc) is 2.35. The van der Waals surface area contributed by atoms with Crippen molar-refractivity contribution in [3.8, 4) is 6.07 Å². The summed E-state index contributed by atoms with van der Waals surface area (Å²) in [6.45, 7) is 0. The van der Waals surface area contributed by atoms with Gasteiger partial charge in [-0.1, -0.05) is 15.9 Å². The Morgan fingerprint density at radius 1 is 1.59 bits per heavy atom. The van der Waals surface area contributed by atoms with Crippen molar-refractivity contribution in [1.29, 1.82) is 5.26 Å². The Morgan fingerprint density at radius 3 is 2.65 bits per heavy atom. The van der Waals surface area contributed by atoms with E-state index in [9.17, 15) is 19.7 Å². The number of nitriles is 1. The van der Waals surface area contributed by atoms with Crippen LogP contribution in [0.2, 0.25) is 0 Å². The molecule has 0 amide bonds. The Labute approximate surface area is 104 Å². The lowest BCUT2D eigenvalue weighted by molar-refractivity contribution is -0.384. The van der Waals surface area contributed by atoms with Crippen LogP contribution in [-0.2, 0) is 0 Å². The van der Waals surface area contributed by atoms with Crippen molar-refractivity contribution in [3.63, 3.8) is 0 Å². The minimum Gasteiger partial charge on any atom is -0.298 e. The van der Waals surface area contributed by atoms with Crippen LogP contribution < -0.4 is 0 Å². The van der Waals surface area contributed by atoms with E-state index < -0.39 is 16.4 Å². The van der Waals surface area contributed by atoms with Gasteiger partial charge in [0.1, 0.15) is 6.07 Å². The third-order valence-corrected chi connectivity index (χ3v) is 2.54. The molecule has 0 saturated heterocycles. The van der Waals surface area contributed by atoms with Crippen molar-refractivity contribution in [1.82, 2.24) is 0 Å². The Kier molecular flexibility index (Phi) is 4.06. The summed E-state index contributed by atoms with van der Waals surface area (Å²) < 4.78 is 0. The standard InChI is InChI=1S/C10H5BrN2O4/c11-3-10(15)8-2-7(13(16)17)1-6(4-12)9(8)5-14/h1-2,5H,3H2. The number of alkyl halides is 1. The highest BCUT2D eigenvalue weighted by Gasteiger charge is 2.20. The summed E-state index contributed by atoms with van der Waals surface area (Å²) in [7, 11) is 0. The van der Waals surface area contributed by atoms with Crippen LogP contribution in [0.25, 0.3) is 0 Å². The fourth-order valence-electron chi connectivity index (χ4n) is 1.27. The third kappa shape index (κ3) is 2.54. The second-order valence-electron chi connectivity index (χ2n) is 3.00. The predicted octanol–water partition coefficient (Wildman–Crippen LogP) is 1.86. The molecule has 86 valence electrons. The van der Waals surface area contributed by atoms with Crippen molar-refractivity contribution < 1.29 is 14.5 Å². The molecule has 0 aromatic heterocycles. The highest BCUT2D eigenvalue weighted by molar-refractivity contribution is 9.09. The van der Waals surface area contributed by atoms with E-state index in [2.05, 4.69) is 15.9 Å². The lowest BCUT2D eigenvalue weighted by Gasteiger charge is -2.03. The van der Waals surface area contributed by atoms with Crippen LogP contribution in [-0.4, -0.2) is 22.3 Å². The molecule has 17 heavy (non-hydrogen) atoms. The number of Topliss-reactive ketones (excluding diaryl/α,β-unsaturated/α-hetero) is 1. The second-order valence-corrected chi connectivity index (χ2v) is 3.56. The zero-order valence-electron chi connectivity index (χ0n) is 8.34. The number of carbonyl (C=O) groups is 2. The smallest absolute Gasteiger partial charge is 0.271 e. The van der Waals surface area contributed by atoms with E-state index in [1.165, 1.54) is 0 Å². The summed E-state index contributed by atoms with van der Waals surface area (Å²) in [5.41, 5.74) is -0.819. The molecular formula is C10H5BrN2O4. The first-order valence-electron chi connectivity index (χ1n) is 4.32. The first-order chi connectivity index (χ1) is 8.04. The van der Waals surface area contributed by atoms with Crippen LogP contribution in [0.1, 0.15) is 26.3 Å². The minimum absolute atomic E-state index is 0.0835. The van der Waals surface area contributed by atoms with E-state index in [-0.39, 0.29) is 22.0 Å². The van der Waals surface area contributed by atoms with E-state index in [0.29, 0.717) is 6.29 Å². The maximum absolute atomic E-state index is 11.5. The van der Waals surface area contributed by atoms with Gasteiger partial charge in [0, 0.05) is 23.3 Å². The van der Waals surface area contributed by atoms with E-state index in [4.69, 9.17) is 5.26 Å². The Morgan fingerprint density at radius 2 is 2.24 bits per heavy atom. The van der Waals surface area contributed by atoms with Gasteiger partial charge in [-0.3, -0.25) is 19.7 Å². The molecule has 0 unspecified atom stereocenters. The van der Waals surface area contributed by atoms with Crippen LogP contribution in [0.4, 0.5) is 5.69 Å². The lowest BCUT2D eigenvalue weighted by Crippen LogP contribution is -2.07. The summed E-state index contributed by atoms with van der Waals surface area (Å²) in [4.78, 5) is 32.2.